The third-order valence-corrected chi connectivity index (χ3v) is 4.66. The van der Waals surface area contributed by atoms with Crippen LogP contribution in [0.1, 0.15) is 56.3 Å². The van der Waals surface area contributed by atoms with Crippen molar-refractivity contribution in [2.45, 2.75) is 57.5 Å². The zero-order chi connectivity index (χ0) is 13.8. The number of aromatic nitrogens is 1. The van der Waals surface area contributed by atoms with Crippen LogP contribution in [0.3, 0.4) is 0 Å². The first-order valence-electron chi connectivity index (χ1n) is 8.25. The maximum absolute atomic E-state index is 4.62. The van der Waals surface area contributed by atoms with Gasteiger partial charge in [0, 0.05) is 18.8 Å². The predicted octanol–water partition coefficient (Wildman–Crippen LogP) is 2.92. The SMILES string of the molecule is CC(CN1CCCCC1)NC1CCCc2cccnc21. The summed E-state index contributed by atoms with van der Waals surface area (Å²) in [5.74, 6) is 0. The van der Waals surface area contributed by atoms with Crippen molar-refractivity contribution in [1.29, 1.82) is 0 Å². The molecule has 1 aromatic rings. The standard InChI is InChI=1S/C17H27N3/c1-14(13-20-11-3-2-4-12-20)19-16-9-5-7-15-8-6-10-18-17(15)16/h6,8,10,14,16,19H,2-5,7,9,11-13H2,1H3. The van der Waals surface area contributed by atoms with Crippen LogP contribution in [0, 0.1) is 0 Å². The molecule has 2 heterocycles. The molecule has 3 nitrogen and oxygen atoms in total. The summed E-state index contributed by atoms with van der Waals surface area (Å²) in [6.07, 6.45) is 9.82. The van der Waals surface area contributed by atoms with Crippen LogP contribution >= 0.6 is 0 Å². The van der Waals surface area contributed by atoms with Gasteiger partial charge in [0.1, 0.15) is 0 Å². The molecule has 0 amide bonds. The number of hydrogen-bond acceptors (Lipinski definition) is 3. The van der Waals surface area contributed by atoms with Crippen LogP contribution < -0.4 is 5.32 Å². The van der Waals surface area contributed by atoms with E-state index in [4.69, 9.17) is 0 Å². The van der Waals surface area contributed by atoms with Crippen molar-refractivity contribution in [2.24, 2.45) is 0 Å². The smallest absolute Gasteiger partial charge is 0.0605 e. The summed E-state index contributed by atoms with van der Waals surface area (Å²) in [7, 11) is 0. The molecule has 0 aromatic carbocycles. The second-order valence-corrected chi connectivity index (χ2v) is 6.42. The number of nitrogens with one attached hydrogen (secondary N) is 1. The lowest BCUT2D eigenvalue weighted by Gasteiger charge is -2.33. The molecule has 2 aliphatic rings. The number of pyridine rings is 1. The summed E-state index contributed by atoms with van der Waals surface area (Å²) >= 11 is 0. The molecule has 0 spiro atoms. The molecule has 1 fully saturated rings. The van der Waals surface area contributed by atoms with Crippen molar-refractivity contribution in [3.63, 3.8) is 0 Å². The van der Waals surface area contributed by atoms with Crippen molar-refractivity contribution in [3.8, 4) is 0 Å². The highest BCUT2D eigenvalue weighted by molar-refractivity contribution is 5.25. The first kappa shape index (κ1) is 14.0. The summed E-state index contributed by atoms with van der Waals surface area (Å²) in [4.78, 5) is 7.24. The Morgan fingerprint density at radius 1 is 1.30 bits per heavy atom. The Bertz CT molecular complexity index is 426. The lowest BCUT2D eigenvalue weighted by molar-refractivity contribution is 0.202. The van der Waals surface area contributed by atoms with Gasteiger partial charge in [-0.05, 0) is 63.7 Å². The molecule has 1 N–H and O–H groups in total. The fraction of sp³-hybridized carbons (Fsp3) is 0.706. The van der Waals surface area contributed by atoms with E-state index < -0.39 is 0 Å². The summed E-state index contributed by atoms with van der Waals surface area (Å²) in [6.45, 7) is 6.07. The highest BCUT2D eigenvalue weighted by Crippen LogP contribution is 2.28. The van der Waals surface area contributed by atoms with Crippen LogP contribution in [0.15, 0.2) is 18.3 Å². The van der Waals surface area contributed by atoms with E-state index in [-0.39, 0.29) is 0 Å². The van der Waals surface area contributed by atoms with Crippen LogP contribution in [0.25, 0.3) is 0 Å². The number of likely N-dealkylation sites (tertiary alicyclic amines) is 1. The minimum absolute atomic E-state index is 0.458. The number of rotatable bonds is 4. The van der Waals surface area contributed by atoms with Gasteiger partial charge in [0.2, 0.25) is 0 Å². The molecule has 2 atom stereocenters. The van der Waals surface area contributed by atoms with Crippen molar-refractivity contribution in [2.75, 3.05) is 19.6 Å². The Morgan fingerprint density at radius 3 is 3.00 bits per heavy atom. The van der Waals surface area contributed by atoms with E-state index >= 15 is 0 Å². The van der Waals surface area contributed by atoms with E-state index in [1.54, 1.807) is 0 Å². The average Bonchev–Trinajstić information content (AvgIpc) is 2.48. The number of hydrogen-bond donors (Lipinski definition) is 1. The molecule has 3 rings (SSSR count). The molecule has 1 aromatic heterocycles. The van der Waals surface area contributed by atoms with E-state index in [1.807, 2.05) is 6.20 Å². The number of piperidine rings is 1. The molecule has 2 unspecified atom stereocenters. The van der Waals surface area contributed by atoms with Gasteiger partial charge in [0.15, 0.2) is 0 Å². The van der Waals surface area contributed by atoms with Crippen molar-refractivity contribution >= 4 is 0 Å². The Labute approximate surface area is 122 Å². The summed E-state index contributed by atoms with van der Waals surface area (Å²) in [6, 6.07) is 5.31. The first-order valence-corrected chi connectivity index (χ1v) is 8.25. The zero-order valence-corrected chi connectivity index (χ0v) is 12.6. The highest BCUT2D eigenvalue weighted by Gasteiger charge is 2.23. The van der Waals surface area contributed by atoms with Gasteiger partial charge in [0.05, 0.1) is 11.7 Å². The van der Waals surface area contributed by atoms with E-state index in [9.17, 15) is 0 Å². The molecule has 0 bridgehead atoms. The Balaban J connectivity index is 1.57. The van der Waals surface area contributed by atoms with E-state index in [2.05, 4.69) is 34.3 Å². The van der Waals surface area contributed by atoms with Gasteiger partial charge >= 0.3 is 0 Å². The Morgan fingerprint density at radius 2 is 2.15 bits per heavy atom. The molecule has 0 radical (unpaired) electrons. The molecule has 0 saturated carbocycles. The largest absolute Gasteiger partial charge is 0.305 e. The van der Waals surface area contributed by atoms with Crippen molar-refractivity contribution in [1.82, 2.24) is 15.2 Å². The summed E-state index contributed by atoms with van der Waals surface area (Å²) < 4.78 is 0. The van der Waals surface area contributed by atoms with Crippen LogP contribution in [0.5, 0.6) is 0 Å². The molecular formula is C17H27N3. The van der Waals surface area contributed by atoms with Crippen molar-refractivity contribution < 1.29 is 0 Å². The normalized spacial score (nSPS) is 25.1. The fourth-order valence-electron chi connectivity index (χ4n) is 3.70. The van der Waals surface area contributed by atoms with E-state index in [1.165, 1.54) is 69.4 Å². The number of fused-ring (bicyclic) bond motifs is 1. The molecule has 1 saturated heterocycles. The topological polar surface area (TPSA) is 28.2 Å². The predicted molar refractivity (Wildman–Crippen MR) is 82.8 cm³/mol. The lowest BCUT2D eigenvalue weighted by atomic mass is 9.91. The molecule has 3 heteroatoms. The third kappa shape index (κ3) is 3.39. The zero-order valence-electron chi connectivity index (χ0n) is 12.6. The van der Waals surface area contributed by atoms with E-state index in [0.717, 1.165) is 0 Å². The molecule has 110 valence electrons. The van der Waals surface area contributed by atoms with Gasteiger partial charge in [-0.2, -0.15) is 0 Å². The maximum Gasteiger partial charge on any atom is 0.0605 e. The number of aryl methyl sites for hydroxylation is 1. The monoisotopic (exact) mass is 273 g/mol. The first-order chi connectivity index (χ1) is 9.83. The van der Waals surface area contributed by atoms with Crippen LogP contribution in [0.4, 0.5) is 0 Å². The summed E-state index contributed by atoms with van der Waals surface area (Å²) in [5.41, 5.74) is 2.74. The minimum atomic E-state index is 0.458. The number of nitrogens with zero attached hydrogens (tertiary/aromatic N) is 2. The van der Waals surface area contributed by atoms with Gasteiger partial charge in [-0.1, -0.05) is 12.5 Å². The van der Waals surface area contributed by atoms with Gasteiger partial charge in [-0.25, -0.2) is 0 Å². The van der Waals surface area contributed by atoms with Crippen LogP contribution in [0.2, 0.25) is 0 Å². The Hall–Kier alpha value is -0.930. The van der Waals surface area contributed by atoms with Crippen LogP contribution in [-0.4, -0.2) is 35.6 Å². The van der Waals surface area contributed by atoms with Gasteiger partial charge in [-0.3, -0.25) is 4.98 Å². The molecular weight excluding hydrogens is 246 g/mol. The quantitative estimate of drug-likeness (QED) is 0.914. The fourth-order valence-corrected chi connectivity index (χ4v) is 3.70. The van der Waals surface area contributed by atoms with E-state index in [0.29, 0.717) is 12.1 Å². The van der Waals surface area contributed by atoms with Crippen molar-refractivity contribution in [3.05, 3.63) is 29.6 Å². The molecule has 1 aliphatic heterocycles. The van der Waals surface area contributed by atoms with Gasteiger partial charge in [0.25, 0.3) is 0 Å². The van der Waals surface area contributed by atoms with Gasteiger partial charge in [-0.15, -0.1) is 0 Å². The third-order valence-electron chi connectivity index (χ3n) is 4.66. The highest BCUT2D eigenvalue weighted by atomic mass is 15.2. The minimum Gasteiger partial charge on any atom is -0.305 e. The lowest BCUT2D eigenvalue weighted by Crippen LogP contribution is -2.43. The Kier molecular flexibility index (Phi) is 4.69. The summed E-state index contributed by atoms with van der Waals surface area (Å²) in [5, 5.41) is 3.82. The molecule has 20 heavy (non-hydrogen) atoms. The molecule has 1 aliphatic carbocycles. The van der Waals surface area contributed by atoms with Gasteiger partial charge < -0.3 is 10.2 Å². The maximum atomic E-state index is 4.62. The second-order valence-electron chi connectivity index (χ2n) is 6.42. The van der Waals surface area contributed by atoms with Crippen LogP contribution in [-0.2, 0) is 6.42 Å². The second kappa shape index (κ2) is 6.68. The average molecular weight is 273 g/mol.